The van der Waals surface area contributed by atoms with Crippen LogP contribution in [0.2, 0.25) is 0 Å². The number of carbonyl (C=O) groups excluding carboxylic acids is 1. The second-order valence-electron chi connectivity index (χ2n) is 7.57. The molecule has 0 radical (unpaired) electrons. The van der Waals surface area contributed by atoms with Crippen LogP contribution in [0.15, 0.2) is 66.7 Å². The van der Waals surface area contributed by atoms with Gasteiger partial charge in [-0.25, -0.2) is 4.39 Å². The monoisotopic (exact) mass is 466 g/mol. The van der Waals surface area contributed by atoms with E-state index in [4.69, 9.17) is 0 Å². The predicted molar refractivity (Wildman–Crippen MR) is 114 cm³/mol. The third kappa shape index (κ3) is 5.47. The quantitative estimate of drug-likeness (QED) is 0.446. The number of nitrogens with one attached hydrogen (secondary N) is 1. The first kappa shape index (κ1) is 24.2. The molecule has 0 heterocycles. The molecule has 1 amide bonds. The maximum atomic E-state index is 14.6. The lowest BCUT2D eigenvalue weighted by atomic mass is 10.00. The van der Waals surface area contributed by atoms with E-state index in [1.54, 1.807) is 29.6 Å². The lowest BCUT2D eigenvalue weighted by molar-refractivity contribution is -0.137. The van der Waals surface area contributed by atoms with Crippen LogP contribution in [-0.4, -0.2) is 26.5 Å². The predicted octanol–water partition coefficient (Wildman–Crippen LogP) is 6.10. The maximum Gasteiger partial charge on any atom is 0.417 e. The highest BCUT2D eigenvalue weighted by Crippen LogP contribution is 2.34. The average molecular weight is 466 g/mol. The molecule has 174 valence electrons. The molecule has 3 nitrogen and oxygen atoms in total. The second kappa shape index (κ2) is 9.17. The molecule has 1 N–H and O–H groups in total. The maximum absolute atomic E-state index is 14.6. The van der Waals surface area contributed by atoms with E-state index in [-0.39, 0.29) is 0 Å². The number of nitrogens with zero attached hydrogens (tertiary/aromatic N) is 1. The number of benzene rings is 3. The van der Waals surface area contributed by atoms with E-state index in [1.807, 2.05) is 19.0 Å². The van der Waals surface area contributed by atoms with Gasteiger partial charge in [0.2, 0.25) is 0 Å². The first-order valence-corrected chi connectivity index (χ1v) is 9.80. The van der Waals surface area contributed by atoms with Crippen molar-refractivity contribution in [3.8, 4) is 11.1 Å². The Bertz CT molecular complexity index is 1140. The van der Waals surface area contributed by atoms with E-state index in [0.29, 0.717) is 17.2 Å². The molecule has 0 atom stereocenters. The topological polar surface area (TPSA) is 32.3 Å². The molecule has 3 aromatic rings. The van der Waals surface area contributed by atoms with Crippen molar-refractivity contribution in [2.75, 3.05) is 25.5 Å². The van der Waals surface area contributed by atoms with Gasteiger partial charge in [-0.3, -0.25) is 4.79 Å². The zero-order valence-corrected chi connectivity index (χ0v) is 17.7. The third-order valence-corrected chi connectivity index (χ3v) is 5.03. The van der Waals surface area contributed by atoms with Gasteiger partial charge in [0.15, 0.2) is 0 Å². The van der Waals surface area contributed by atoms with E-state index in [9.17, 15) is 31.1 Å². The molecular weight excluding hydrogens is 446 g/mol. The van der Waals surface area contributed by atoms with Gasteiger partial charge in [0.25, 0.3) is 11.8 Å². The number of amides is 1. The van der Waals surface area contributed by atoms with Crippen molar-refractivity contribution in [3.05, 3.63) is 89.2 Å². The van der Waals surface area contributed by atoms with E-state index in [1.165, 1.54) is 12.1 Å². The number of alkyl halides is 5. The summed E-state index contributed by atoms with van der Waals surface area (Å²) >= 11 is 0. The Morgan fingerprint density at radius 2 is 1.45 bits per heavy atom. The molecule has 0 aromatic heterocycles. The molecule has 0 aliphatic rings. The summed E-state index contributed by atoms with van der Waals surface area (Å²) in [6.07, 6.45) is -4.83. The highest BCUT2D eigenvalue weighted by molar-refractivity contribution is 5.95. The third-order valence-electron chi connectivity index (χ3n) is 5.03. The van der Waals surface area contributed by atoms with Crippen molar-refractivity contribution in [2.45, 2.75) is 12.1 Å². The number of hydrogen-bond acceptors (Lipinski definition) is 2. The SMILES string of the molecule is CN(C)c1ccc(-c2ccc(C(F)(F)CNC(=O)c3ccccc3C(F)(F)F)c(F)c2)cc1. The lowest BCUT2D eigenvalue weighted by Crippen LogP contribution is -2.36. The molecule has 0 fully saturated rings. The van der Waals surface area contributed by atoms with E-state index in [0.717, 1.165) is 30.0 Å². The van der Waals surface area contributed by atoms with Crippen LogP contribution in [0.4, 0.5) is 32.0 Å². The summed E-state index contributed by atoms with van der Waals surface area (Å²) in [7, 11) is 3.71. The number of halogens is 6. The van der Waals surface area contributed by atoms with Gasteiger partial charge in [-0.1, -0.05) is 30.3 Å². The molecule has 0 aliphatic heterocycles. The Morgan fingerprint density at radius 1 is 0.848 bits per heavy atom. The number of carbonyl (C=O) groups is 1. The van der Waals surface area contributed by atoms with Gasteiger partial charge in [0.1, 0.15) is 5.82 Å². The Hall–Kier alpha value is -3.49. The van der Waals surface area contributed by atoms with Crippen molar-refractivity contribution >= 4 is 11.6 Å². The van der Waals surface area contributed by atoms with Crippen molar-refractivity contribution in [1.82, 2.24) is 5.32 Å². The number of hydrogen-bond donors (Lipinski definition) is 1. The highest BCUT2D eigenvalue weighted by Gasteiger charge is 2.38. The molecular formula is C24H20F6N2O. The summed E-state index contributed by atoms with van der Waals surface area (Å²) in [5.41, 5.74) is -1.11. The second-order valence-corrected chi connectivity index (χ2v) is 7.57. The highest BCUT2D eigenvalue weighted by atomic mass is 19.4. The molecule has 0 spiro atoms. The van der Waals surface area contributed by atoms with Gasteiger partial charge in [-0.15, -0.1) is 0 Å². The Labute approximate surface area is 186 Å². The number of rotatable bonds is 6. The van der Waals surface area contributed by atoms with Gasteiger partial charge < -0.3 is 10.2 Å². The van der Waals surface area contributed by atoms with Crippen LogP contribution >= 0.6 is 0 Å². The van der Waals surface area contributed by atoms with Crippen molar-refractivity contribution < 1.29 is 31.1 Å². The molecule has 0 unspecified atom stereocenters. The molecule has 0 saturated heterocycles. The minimum atomic E-state index is -4.83. The van der Waals surface area contributed by atoms with Crippen LogP contribution in [-0.2, 0) is 12.1 Å². The van der Waals surface area contributed by atoms with Crippen molar-refractivity contribution in [3.63, 3.8) is 0 Å². The Kier molecular flexibility index (Phi) is 6.71. The van der Waals surface area contributed by atoms with Gasteiger partial charge in [-0.2, -0.15) is 22.0 Å². The summed E-state index contributed by atoms with van der Waals surface area (Å²) in [6.45, 7) is -1.37. The first-order chi connectivity index (χ1) is 15.4. The zero-order valence-electron chi connectivity index (χ0n) is 17.7. The van der Waals surface area contributed by atoms with Gasteiger partial charge in [0.05, 0.1) is 23.2 Å². The van der Waals surface area contributed by atoms with Gasteiger partial charge >= 0.3 is 6.18 Å². The van der Waals surface area contributed by atoms with Crippen molar-refractivity contribution in [2.24, 2.45) is 0 Å². The minimum Gasteiger partial charge on any atom is -0.378 e. The normalized spacial score (nSPS) is 11.9. The fourth-order valence-corrected chi connectivity index (χ4v) is 3.25. The minimum absolute atomic E-state index is 0.375. The summed E-state index contributed by atoms with van der Waals surface area (Å²) in [4.78, 5) is 14.0. The lowest BCUT2D eigenvalue weighted by Gasteiger charge is -2.20. The van der Waals surface area contributed by atoms with Crippen molar-refractivity contribution in [1.29, 1.82) is 0 Å². The summed E-state index contributed by atoms with van der Waals surface area (Å²) in [5, 5.41) is 1.78. The molecule has 0 aliphatic carbocycles. The molecule has 3 aromatic carbocycles. The van der Waals surface area contributed by atoms with Crippen LogP contribution in [0, 0.1) is 5.82 Å². The molecule has 33 heavy (non-hydrogen) atoms. The molecule has 0 saturated carbocycles. The van der Waals surface area contributed by atoms with Crippen LogP contribution in [0.25, 0.3) is 11.1 Å². The smallest absolute Gasteiger partial charge is 0.378 e. The van der Waals surface area contributed by atoms with Crippen LogP contribution in [0.1, 0.15) is 21.5 Å². The molecule has 0 bridgehead atoms. The first-order valence-electron chi connectivity index (χ1n) is 9.80. The van der Waals surface area contributed by atoms with Crippen LogP contribution in [0.3, 0.4) is 0 Å². The van der Waals surface area contributed by atoms with Gasteiger partial charge in [-0.05, 0) is 47.5 Å². The fourth-order valence-electron chi connectivity index (χ4n) is 3.25. The molecule has 9 heteroatoms. The largest absolute Gasteiger partial charge is 0.417 e. The van der Waals surface area contributed by atoms with Crippen LogP contribution < -0.4 is 10.2 Å². The van der Waals surface area contributed by atoms with E-state index in [2.05, 4.69) is 0 Å². The molecule has 3 rings (SSSR count). The fraction of sp³-hybridized carbons (Fsp3) is 0.208. The summed E-state index contributed by atoms with van der Waals surface area (Å²) < 4.78 is 83.0. The van der Waals surface area contributed by atoms with Crippen LogP contribution in [0.5, 0.6) is 0 Å². The van der Waals surface area contributed by atoms with E-state index >= 15 is 0 Å². The van der Waals surface area contributed by atoms with E-state index < -0.39 is 47.1 Å². The summed E-state index contributed by atoms with van der Waals surface area (Å²) in [5.74, 6) is -6.38. The zero-order chi connectivity index (χ0) is 24.4. The average Bonchev–Trinajstić information content (AvgIpc) is 2.76. The Morgan fingerprint density at radius 3 is 2.03 bits per heavy atom. The summed E-state index contributed by atoms with van der Waals surface area (Å²) in [6, 6.07) is 14.0. The Balaban J connectivity index is 1.77. The van der Waals surface area contributed by atoms with Gasteiger partial charge in [0, 0.05) is 19.8 Å². The number of anilines is 1. The standard InChI is InChI=1S/C24H20F6N2O/c1-32(2)17-10-7-15(8-11-17)16-9-12-20(21(25)13-16)23(26,27)14-31-22(33)18-5-3-4-6-19(18)24(28,29)30/h3-13H,14H2,1-2H3,(H,31,33).